The third-order valence-electron chi connectivity index (χ3n) is 4.03. The van der Waals surface area contributed by atoms with Crippen LogP contribution in [-0.2, 0) is 6.42 Å². The van der Waals surface area contributed by atoms with E-state index in [1.54, 1.807) is 18.9 Å². The molecule has 4 nitrogen and oxygen atoms in total. The molecular formula is C20H23NO3S2. The molecule has 0 unspecified atom stereocenters. The molecule has 138 valence electrons. The Morgan fingerprint density at radius 2 is 2.00 bits per heavy atom. The molecule has 2 aromatic carbocycles. The van der Waals surface area contributed by atoms with E-state index < -0.39 is 5.60 Å². The highest BCUT2D eigenvalue weighted by atomic mass is 32.2. The van der Waals surface area contributed by atoms with E-state index in [4.69, 9.17) is 9.47 Å². The smallest absolute Gasteiger partial charge is 0.280 e. The van der Waals surface area contributed by atoms with Crippen LogP contribution in [0.4, 0.5) is 0 Å². The lowest BCUT2D eigenvalue weighted by atomic mass is 9.99. The summed E-state index contributed by atoms with van der Waals surface area (Å²) in [6.45, 7) is 3.63. The van der Waals surface area contributed by atoms with Crippen molar-refractivity contribution in [3.05, 3.63) is 42.0 Å². The second-order valence-electron chi connectivity index (χ2n) is 6.69. The van der Waals surface area contributed by atoms with Crippen LogP contribution in [-0.4, -0.2) is 29.1 Å². The predicted octanol–water partition coefficient (Wildman–Crippen LogP) is 5.52. The topological polar surface area (TPSA) is 51.6 Å². The van der Waals surface area contributed by atoms with Crippen LogP contribution in [0.25, 0.3) is 10.2 Å². The fourth-order valence-corrected chi connectivity index (χ4v) is 4.09. The van der Waals surface area contributed by atoms with Crippen LogP contribution in [0.1, 0.15) is 25.8 Å². The lowest BCUT2D eigenvalue weighted by Crippen LogP contribution is -2.19. The number of hydrogen-bond acceptors (Lipinski definition) is 6. The highest BCUT2D eigenvalue weighted by molar-refractivity contribution is 7.98. The minimum Gasteiger partial charge on any atom is -0.493 e. The van der Waals surface area contributed by atoms with Crippen molar-refractivity contribution in [2.45, 2.75) is 37.2 Å². The Kier molecular flexibility index (Phi) is 5.75. The van der Waals surface area contributed by atoms with Gasteiger partial charge in [-0.05, 0) is 62.8 Å². The SMILES string of the molecule is COc1cc(CCC(C)(C)O)ccc1Oc1nc2c(SC)cccc2s1. The highest BCUT2D eigenvalue weighted by Crippen LogP contribution is 2.38. The van der Waals surface area contributed by atoms with Crippen LogP contribution >= 0.6 is 23.1 Å². The summed E-state index contributed by atoms with van der Waals surface area (Å²) in [5.74, 6) is 1.31. The highest BCUT2D eigenvalue weighted by Gasteiger charge is 2.15. The van der Waals surface area contributed by atoms with Gasteiger partial charge in [-0.25, -0.2) is 4.98 Å². The number of hydrogen-bond donors (Lipinski definition) is 1. The molecule has 0 aliphatic heterocycles. The molecule has 0 radical (unpaired) electrons. The Morgan fingerprint density at radius 3 is 2.69 bits per heavy atom. The standard InChI is InChI=1S/C20H23NO3S2/c1-20(2,22)11-10-13-8-9-14(15(12-13)23-3)24-19-21-18-16(25-4)6-5-7-17(18)26-19/h5-9,12,22H,10-11H2,1-4H3. The lowest BCUT2D eigenvalue weighted by Gasteiger charge is -2.17. The van der Waals surface area contributed by atoms with Gasteiger partial charge in [0.15, 0.2) is 11.5 Å². The first kappa shape index (κ1) is 19.0. The third kappa shape index (κ3) is 4.50. The van der Waals surface area contributed by atoms with E-state index >= 15 is 0 Å². The molecule has 0 saturated heterocycles. The average Bonchev–Trinajstić information content (AvgIpc) is 3.02. The summed E-state index contributed by atoms with van der Waals surface area (Å²) in [4.78, 5) is 5.77. The summed E-state index contributed by atoms with van der Waals surface area (Å²) in [5, 5.41) is 10.5. The fraction of sp³-hybridized carbons (Fsp3) is 0.350. The molecule has 0 saturated carbocycles. The number of fused-ring (bicyclic) bond motifs is 1. The third-order valence-corrected chi connectivity index (χ3v) is 5.70. The average molecular weight is 390 g/mol. The summed E-state index contributed by atoms with van der Waals surface area (Å²) >= 11 is 3.20. The first-order valence-electron chi connectivity index (χ1n) is 8.40. The molecule has 0 spiro atoms. The molecule has 1 aromatic heterocycles. The number of methoxy groups -OCH3 is 1. The van der Waals surface area contributed by atoms with E-state index in [-0.39, 0.29) is 0 Å². The minimum atomic E-state index is -0.682. The number of para-hydroxylation sites is 1. The van der Waals surface area contributed by atoms with Crippen LogP contribution in [0.2, 0.25) is 0 Å². The number of thioether (sulfide) groups is 1. The van der Waals surface area contributed by atoms with E-state index in [1.807, 2.05) is 44.4 Å². The van der Waals surface area contributed by atoms with Crippen LogP contribution in [0.5, 0.6) is 16.7 Å². The molecule has 0 aliphatic rings. The van der Waals surface area contributed by atoms with Gasteiger partial charge in [0.25, 0.3) is 5.19 Å². The van der Waals surface area contributed by atoms with E-state index in [2.05, 4.69) is 17.1 Å². The van der Waals surface area contributed by atoms with Crippen molar-refractivity contribution < 1.29 is 14.6 Å². The summed E-state index contributed by atoms with van der Waals surface area (Å²) in [6.07, 6.45) is 3.51. The molecule has 1 heterocycles. The van der Waals surface area contributed by atoms with Crippen molar-refractivity contribution in [3.63, 3.8) is 0 Å². The van der Waals surface area contributed by atoms with Gasteiger partial charge < -0.3 is 14.6 Å². The minimum absolute atomic E-state index is 0.601. The van der Waals surface area contributed by atoms with E-state index in [9.17, 15) is 5.11 Å². The maximum absolute atomic E-state index is 9.90. The van der Waals surface area contributed by atoms with Gasteiger partial charge in [0, 0.05) is 4.90 Å². The van der Waals surface area contributed by atoms with Crippen molar-refractivity contribution in [1.82, 2.24) is 4.98 Å². The number of aryl methyl sites for hydroxylation is 1. The van der Waals surface area contributed by atoms with Gasteiger partial charge in [0.1, 0.15) is 0 Å². The summed E-state index contributed by atoms with van der Waals surface area (Å²) in [6, 6.07) is 12.0. The number of aliphatic hydroxyl groups is 1. The molecule has 0 amide bonds. The van der Waals surface area contributed by atoms with Gasteiger partial charge >= 0.3 is 0 Å². The van der Waals surface area contributed by atoms with Crippen LogP contribution in [0.15, 0.2) is 41.3 Å². The first-order chi connectivity index (χ1) is 12.4. The zero-order valence-electron chi connectivity index (χ0n) is 15.4. The Hall–Kier alpha value is -1.76. The number of thiazole rings is 1. The molecular weight excluding hydrogens is 366 g/mol. The van der Waals surface area contributed by atoms with Gasteiger partial charge in [0.05, 0.1) is 22.9 Å². The van der Waals surface area contributed by atoms with E-state index in [0.29, 0.717) is 23.1 Å². The Bertz CT molecular complexity index is 900. The quantitative estimate of drug-likeness (QED) is 0.539. The molecule has 0 aliphatic carbocycles. The zero-order chi connectivity index (χ0) is 18.7. The Morgan fingerprint density at radius 1 is 1.19 bits per heavy atom. The van der Waals surface area contributed by atoms with Gasteiger partial charge in [-0.1, -0.05) is 23.5 Å². The van der Waals surface area contributed by atoms with Crippen molar-refractivity contribution >= 4 is 33.3 Å². The number of nitrogens with zero attached hydrogens (tertiary/aromatic N) is 1. The van der Waals surface area contributed by atoms with Crippen LogP contribution in [0.3, 0.4) is 0 Å². The molecule has 0 atom stereocenters. The maximum atomic E-state index is 9.90. The normalized spacial score (nSPS) is 11.7. The largest absolute Gasteiger partial charge is 0.493 e. The summed E-state index contributed by atoms with van der Waals surface area (Å²) < 4.78 is 12.6. The molecule has 0 bridgehead atoms. The molecule has 6 heteroatoms. The van der Waals surface area contributed by atoms with Gasteiger partial charge in [-0.2, -0.15) is 0 Å². The molecule has 3 aromatic rings. The molecule has 26 heavy (non-hydrogen) atoms. The van der Waals surface area contributed by atoms with Gasteiger partial charge in [-0.15, -0.1) is 11.8 Å². The van der Waals surface area contributed by atoms with Crippen LogP contribution in [0, 0.1) is 0 Å². The monoisotopic (exact) mass is 389 g/mol. The van der Waals surface area contributed by atoms with E-state index in [0.717, 1.165) is 27.1 Å². The molecule has 3 rings (SSSR count). The van der Waals surface area contributed by atoms with Crippen molar-refractivity contribution in [1.29, 1.82) is 0 Å². The fourth-order valence-electron chi connectivity index (χ4n) is 2.61. The number of benzene rings is 2. The number of ether oxygens (including phenoxy) is 2. The van der Waals surface area contributed by atoms with Crippen molar-refractivity contribution in [3.8, 4) is 16.7 Å². The summed E-state index contributed by atoms with van der Waals surface area (Å²) in [7, 11) is 1.63. The van der Waals surface area contributed by atoms with E-state index in [1.165, 1.54) is 11.3 Å². The molecule has 1 N–H and O–H groups in total. The Labute approximate surface area is 162 Å². The second-order valence-corrected chi connectivity index (χ2v) is 8.53. The lowest BCUT2D eigenvalue weighted by molar-refractivity contribution is 0.0714. The summed E-state index contributed by atoms with van der Waals surface area (Å²) in [5.41, 5.74) is 1.39. The van der Waals surface area contributed by atoms with Crippen LogP contribution < -0.4 is 9.47 Å². The number of rotatable bonds is 7. The Balaban J connectivity index is 1.83. The van der Waals surface area contributed by atoms with Crippen molar-refractivity contribution in [2.24, 2.45) is 0 Å². The van der Waals surface area contributed by atoms with Crippen molar-refractivity contribution in [2.75, 3.05) is 13.4 Å². The van der Waals surface area contributed by atoms with Gasteiger partial charge in [-0.3, -0.25) is 0 Å². The first-order valence-corrected chi connectivity index (χ1v) is 10.4. The second kappa shape index (κ2) is 7.86. The predicted molar refractivity (Wildman–Crippen MR) is 109 cm³/mol. The number of aromatic nitrogens is 1. The zero-order valence-corrected chi connectivity index (χ0v) is 17.0. The van der Waals surface area contributed by atoms with Gasteiger partial charge in [0.2, 0.25) is 0 Å². The molecule has 0 fully saturated rings. The maximum Gasteiger partial charge on any atom is 0.280 e.